The Bertz CT molecular complexity index is 1100. The van der Waals surface area contributed by atoms with Crippen LogP contribution in [0.15, 0.2) is 54.6 Å². The van der Waals surface area contributed by atoms with Crippen LogP contribution < -0.4 is 14.8 Å². The molecule has 0 heterocycles. The molecule has 0 aliphatic heterocycles. The van der Waals surface area contributed by atoms with Crippen molar-refractivity contribution in [2.24, 2.45) is 0 Å². The highest BCUT2D eigenvalue weighted by molar-refractivity contribution is 6.01. The van der Waals surface area contributed by atoms with E-state index in [1.54, 1.807) is 18.2 Å². The van der Waals surface area contributed by atoms with Crippen molar-refractivity contribution in [2.45, 2.75) is 13.0 Å². The molecular weight excluding hydrogens is 376 g/mol. The van der Waals surface area contributed by atoms with Gasteiger partial charge in [-0.05, 0) is 29.8 Å². The van der Waals surface area contributed by atoms with Crippen molar-refractivity contribution < 1.29 is 24.0 Å². The van der Waals surface area contributed by atoms with Gasteiger partial charge >= 0.3 is 0 Å². The quantitative estimate of drug-likeness (QED) is 0.369. The molecule has 0 saturated heterocycles. The molecule has 29 heavy (non-hydrogen) atoms. The van der Waals surface area contributed by atoms with Crippen LogP contribution in [0, 0.1) is 10.1 Å². The first-order valence-corrected chi connectivity index (χ1v) is 8.71. The molecule has 0 radical (unpaired) electrons. The third-order valence-electron chi connectivity index (χ3n) is 4.37. The van der Waals surface area contributed by atoms with Gasteiger partial charge in [0.1, 0.15) is 11.5 Å². The molecule has 3 aromatic carbocycles. The molecule has 0 spiro atoms. The van der Waals surface area contributed by atoms with Crippen molar-refractivity contribution in [3.8, 4) is 11.5 Å². The number of carbonyl (C=O) groups is 2. The minimum atomic E-state index is -0.973. The monoisotopic (exact) mass is 394 g/mol. The normalized spacial score (nSPS) is 11.5. The average Bonchev–Trinajstić information content (AvgIpc) is 2.73. The standard InChI is InChI=1S/C21H18N2O6/c1-13(21(25)22-18-11-15(23(26)27)8-10-20(18)28-2)29-19-9-7-14-5-3-4-6-16(14)17(19)12-24/h3-13H,1-2H3,(H,22,25)/t13-/m1/s1. The Morgan fingerprint density at radius 3 is 2.55 bits per heavy atom. The van der Waals surface area contributed by atoms with Gasteiger partial charge < -0.3 is 14.8 Å². The molecule has 8 heteroatoms. The Balaban J connectivity index is 1.83. The van der Waals surface area contributed by atoms with Gasteiger partial charge in [-0.1, -0.05) is 30.3 Å². The van der Waals surface area contributed by atoms with Gasteiger partial charge in [0, 0.05) is 12.1 Å². The summed E-state index contributed by atoms with van der Waals surface area (Å²) in [6, 6.07) is 14.6. The summed E-state index contributed by atoms with van der Waals surface area (Å²) in [5, 5.41) is 15.1. The lowest BCUT2D eigenvalue weighted by Gasteiger charge is -2.17. The number of methoxy groups -OCH3 is 1. The minimum absolute atomic E-state index is 0.149. The van der Waals surface area contributed by atoms with E-state index in [9.17, 15) is 19.7 Å². The summed E-state index contributed by atoms with van der Waals surface area (Å²) in [5.41, 5.74) is 0.305. The SMILES string of the molecule is COc1ccc([N+](=O)[O-])cc1NC(=O)[C@@H](C)Oc1ccc2ccccc2c1C=O. The Labute approximate surface area is 166 Å². The number of fused-ring (bicyclic) bond motifs is 1. The first-order chi connectivity index (χ1) is 13.9. The summed E-state index contributed by atoms with van der Waals surface area (Å²) in [4.78, 5) is 34.6. The second-order valence-electron chi connectivity index (χ2n) is 6.21. The van der Waals surface area contributed by atoms with E-state index in [2.05, 4.69) is 5.32 Å². The number of amides is 1. The summed E-state index contributed by atoms with van der Waals surface area (Å²) < 4.78 is 10.9. The maximum atomic E-state index is 12.6. The Hall–Kier alpha value is -3.94. The number of rotatable bonds is 7. The molecule has 0 bridgehead atoms. The predicted molar refractivity (Wildman–Crippen MR) is 108 cm³/mol. The molecular formula is C21H18N2O6. The number of hydrogen-bond donors (Lipinski definition) is 1. The number of nitro benzene ring substituents is 1. The molecule has 3 rings (SSSR count). The lowest BCUT2D eigenvalue weighted by molar-refractivity contribution is -0.384. The molecule has 0 fully saturated rings. The average molecular weight is 394 g/mol. The van der Waals surface area contributed by atoms with Crippen molar-refractivity contribution >= 4 is 34.3 Å². The molecule has 0 aromatic heterocycles. The lowest BCUT2D eigenvalue weighted by Crippen LogP contribution is -2.30. The number of anilines is 1. The predicted octanol–water partition coefficient (Wildman–Crippen LogP) is 3.98. The maximum Gasteiger partial charge on any atom is 0.271 e. The number of aldehydes is 1. The fourth-order valence-corrected chi connectivity index (χ4v) is 2.89. The molecule has 0 aliphatic rings. The number of hydrogen-bond acceptors (Lipinski definition) is 6. The molecule has 1 atom stereocenters. The van der Waals surface area contributed by atoms with Gasteiger partial charge in [-0.15, -0.1) is 0 Å². The number of benzene rings is 3. The van der Waals surface area contributed by atoms with E-state index in [0.29, 0.717) is 17.2 Å². The largest absolute Gasteiger partial charge is 0.495 e. The van der Waals surface area contributed by atoms with Crippen molar-refractivity contribution in [2.75, 3.05) is 12.4 Å². The highest BCUT2D eigenvalue weighted by atomic mass is 16.6. The summed E-state index contributed by atoms with van der Waals surface area (Å²) in [7, 11) is 1.39. The fraction of sp³-hybridized carbons (Fsp3) is 0.143. The van der Waals surface area contributed by atoms with Crippen LogP contribution in [-0.4, -0.2) is 30.3 Å². The number of carbonyl (C=O) groups excluding carboxylic acids is 2. The van der Waals surface area contributed by atoms with Crippen LogP contribution in [0.4, 0.5) is 11.4 Å². The first-order valence-electron chi connectivity index (χ1n) is 8.71. The summed E-state index contributed by atoms with van der Waals surface area (Å²) in [6.07, 6.45) is -0.287. The zero-order valence-corrected chi connectivity index (χ0v) is 15.7. The molecule has 0 unspecified atom stereocenters. The molecule has 0 saturated carbocycles. The van der Waals surface area contributed by atoms with Crippen LogP contribution >= 0.6 is 0 Å². The Morgan fingerprint density at radius 2 is 1.86 bits per heavy atom. The Morgan fingerprint density at radius 1 is 1.14 bits per heavy atom. The topological polar surface area (TPSA) is 108 Å². The van der Waals surface area contributed by atoms with Crippen LogP contribution in [0.3, 0.4) is 0 Å². The van der Waals surface area contributed by atoms with Crippen LogP contribution in [0.2, 0.25) is 0 Å². The van der Waals surface area contributed by atoms with Gasteiger partial charge in [0.2, 0.25) is 0 Å². The second-order valence-corrected chi connectivity index (χ2v) is 6.21. The lowest BCUT2D eigenvalue weighted by atomic mass is 10.0. The van der Waals surface area contributed by atoms with E-state index >= 15 is 0 Å². The number of nitro groups is 1. The highest BCUT2D eigenvalue weighted by Crippen LogP contribution is 2.30. The molecule has 0 aliphatic carbocycles. The number of nitrogens with zero attached hydrogens (tertiary/aromatic N) is 1. The van der Waals surface area contributed by atoms with Crippen LogP contribution in [0.25, 0.3) is 10.8 Å². The van der Waals surface area contributed by atoms with Gasteiger partial charge in [-0.25, -0.2) is 0 Å². The zero-order chi connectivity index (χ0) is 21.0. The van der Waals surface area contributed by atoms with E-state index in [1.165, 1.54) is 32.2 Å². The Kier molecular flexibility index (Phi) is 5.73. The highest BCUT2D eigenvalue weighted by Gasteiger charge is 2.20. The van der Waals surface area contributed by atoms with Crippen molar-refractivity contribution in [3.05, 3.63) is 70.3 Å². The molecule has 1 N–H and O–H groups in total. The second kappa shape index (κ2) is 8.39. The van der Waals surface area contributed by atoms with Gasteiger partial charge in [0.25, 0.3) is 11.6 Å². The van der Waals surface area contributed by atoms with Crippen LogP contribution in [-0.2, 0) is 4.79 Å². The minimum Gasteiger partial charge on any atom is -0.495 e. The molecule has 1 amide bonds. The summed E-state index contributed by atoms with van der Waals surface area (Å²) in [6.45, 7) is 1.52. The van der Waals surface area contributed by atoms with Crippen LogP contribution in [0.1, 0.15) is 17.3 Å². The van der Waals surface area contributed by atoms with Crippen molar-refractivity contribution in [1.29, 1.82) is 0 Å². The summed E-state index contributed by atoms with van der Waals surface area (Å²) >= 11 is 0. The smallest absolute Gasteiger partial charge is 0.271 e. The van der Waals surface area contributed by atoms with Crippen molar-refractivity contribution in [1.82, 2.24) is 0 Å². The third kappa shape index (κ3) is 4.16. The van der Waals surface area contributed by atoms with E-state index in [-0.39, 0.29) is 22.9 Å². The van der Waals surface area contributed by atoms with Gasteiger partial charge in [0.05, 0.1) is 23.3 Å². The number of non-ortho nitro benzene ring substituents is 1. The fourth-order valence-electron chi connectivity index (χ4n) is 2.89. The van der Waals surface area contributed by atoms with Crippen LogP contribution in [0.5, 0.6) is 11.5 Å². The maximum absolute atomic E-state index is 12.6. The molecule has 8 nitrogen and oxygen atoms in total. The molecule has 3 aromatic rings. The summed E-state index contributed by atoms with van der Waals surface area (Å²) in [5.74, 6) is -0.00315. The van der Waals surface area contributed by atoms with E-state index in [4.69, 9.17) is 9.47 Å². The van der Waals surface area contributed by atoms with Gasteiger partial charge in [0.15, 0.2) is 12.4 Å². The number of nitrogens with one attached hydrogen (secondary N) is 1. The van der Waals surface area contributed by atoms with E-state index in [1.807, 2.05) is 18.2 Å². The van der Waals surface area contributed by atoms with Crippen molar-refractivity contribution in [3.63, 3.8) is 0 Å². The van der Waals surface area contributed by atoms with Gasteiger partial charge in [-0.2, -0.15) is 0 Å². The zero-order valence-electron chi connectivity index (χ0n) is 15.7. The van der Waals surface area contributed by atoms with Gasteiger partial charge in [-0.3, -0.25) is 19.7 Å². The first kappa shape index (κ1) is 19.8. The van der Waals surface area contributed by atoms with E-state index < -0.39 is 16.9 Å². The molecule has 148 valence electrons. The third-order valence-corrected chi connectivity index (χ3v) is 4.37. The number of ether oxygens (including phenoxy) is 2. The van der Waals surface area contributed by atoms with E-state index in [0.717, 1.165) is 5.39 Å².